The molecule has 0 radical (unpaired) electrons. The summed E-state index contributed by atoms with van der Waals surface area (Å²) in [6.07, 6.45) is 4.80. The maximum absolute atomic E-state index is 12.7. The van der Waals surface area contributed by atoms with Crippen LogP contribution in [0.2, 0.25) is 0 Å². The summed E-state index contributed by atoms with van der Waals surface area (Å²) in [6, 6.07) is 7.37. The molecule has 0 N–H and O–H groups in total. The Kier molecular flexibility index (Phi) is 3.74. The van der Waals surface area contributed by atoms with Gasteiger partial charge >= 0.3 is 0 Å². The quantitative estimate of drug-likeness (QED) is 0.789. The van der Waals surface area contributed by atoms with Crippen LogP contribution in [0.3, 0.4) is 0 Å². The van der Waals surface area contributed by atoms with E-state index < -0.39 is 0 Å². The minimum Gasteiger partial charge on any atom is -0.493 e. The number of hydrogen-bond acceptors (Lipinski definition) is 3. The van der Waals surface area contributed by atoms with Crippen LogP contribution in [0.5, 0.6) is 5.75 Å². The molecule has 0 aliphatic carbocycles. The van der Waals surface area contributed by atoms with Gasteiger partial charge in [-0.3, -0.25) is 9.78 Å². The van der Waals surface area contributed by atoms with Gasteiger partial charge in [0.2, 0.25) is 5.78 Å². The number of benzene rings is 1. The predicted octanol–water partition coefficient (Wildman–Crippen LogP) is 3.64. The number of ketones is 1. The molecule has 0 atom stereocenters. The molecule has 3 nitrogen and oxygen atoms in total. The van der Waals surface area contributed by atoms with Crippen LogP contribution >= 0.6 is 0 Å². The standard InChI is InChI=1S/C18H19NO2/c1-12-11-15(17(20)16-8-3-5-9-19-16)13(2)14-7-4-6-10-21-18(12)14/h3,5,8-9,11H,4,6-7,10H2,1-2H3. The van der Waals surface area contributed by atoms with E-state index in [9.17, 15) is 4.79 Å². The van der Waals surface area contributed by atoms with Gasteiger partial charge in [0.25, 0.3) is 0 Å². The SMILES string of the molecule is Cc1cc(C(=O)c2ccccn2)c(C)c2c1OCCCC2. The summed E-state index contributed by atoms with van der Waals surface area (Å²) in [7, 11) is 0. The fourth-order valence-corrected chi connectivity index (χ4v) is 2.91. The van der Waals surface area contributed by atoms with Crippen LogP contribution in [0.25, 0.3) is 0 Å². The van der Waals surface area contributed by atoms with E-state index in [1.54, 1.807) is 12.3 Å². The lowest BCUT2D eigenvalue weighted by Crippen LogP contribution is -2.09. The first-order valence-corrected chi connectivity index (χ1v) is 7.40. The molecule has 0 amide bonds. The Balaban J connectivity index is 2.10. The molecule has 1 aliphatic heterocycles. The molecule has 0 spiro atoms. The van der Waals surface area contributed by atoms with Crippen LogP contribution in [0.15, 0.2) is 30.5 Å². The van der Waals surface area contributed by atoms with Crippen LogP contribution < -0.4 is 4.74 Å². The van der Waals surface area contributed by atoms with Crippen molar-refractivity contribution in [1.82, 2.24) is 4.98 Å². The zero-order chi connectivity index (χ0) is 14.8. The summed E-state index contributed by atoms with van der Waals surface area (Å²) in [4.78, 5) is 16.9. The number of pyridine rings is 1. The maximum Gasteiger partial charge on any atom is 0.211 e. The van der Waals surface area contributed by atoms with Crippen molar-refractivity contribution in [3.8, 4) is 5.75 Å². The second-order valence-corrected chi connectivity index (χ2v) is 5.52. The molecular weight excluding hydrogens is 262 g/mol. The highest BCUT2D eigenvalue weighted by Gasteiger charge is 2.21. The number of rotatable bonds is 2. The van der Waals surface area contributed by atoms with E-state index in [1.165, 1.54) is 5.56 Å². The summed E-state index contributed by atoms with van der Waals surface area (Å²) < 4.78 is 5.87. The van der Waals surface area contributed by atoms with Crippen molar-refractivity contribution in [2.75, 3.05) is 6.61 Å². The van der Waals surface area contributed by atoms with E-state index >= 15 is 0 Å². The molecule has 0 unspecified atom stereocenters. The Hall–Kier alpha value is -2.16. The molecule has 108 valence electrons. The largest absolute Gasteiger partial charge is 0.493 e. The van der Waals surface area contributed by atoms with Crippen molar-refractivity contribution >= 4 is 5.78 Å². The van der Waals surface area contributed by atoms with Gasteiger partial charge in [0.05, 0.1) is 6.61 Å². The molecule has 2 aromatic rings. The molecule has 3 rings (SSSR count). The highest BCUT2D eigenvalue weighted by atomic mass is 16.5. The lowest BCUT2D eigenvalue weighted by atomic mass is 9.92. The maximum atomic E-state index is 12.7. The van der Waals surface area contributed by atoms with Crippen LogP contribution in [-0.4, -0.2) is 17.4 Å². The fourth-order valence-electron chi connectivity index (χ4n) is 2.91. The highest BCUT2D eigenvalue weighted by Crippen LogP contribution is 2.33. The summed E-state index contributed by atoms with van der Waals surface area (Å²) in [5, 5.41) is 0. The first kappa shape index (κ1) is 13.8. The van der Waals surface area contributed by atoms with E-state index in [0.29, 0.717) is 5.69 Å². The van der Waals surface area contributed by atoms with Gasteiger partial charge in [-0.2, -0.15) is 0 Å². The van der Waals surface area contributed by atoms with Gasteiger partial charge in [-0.1, -0.05) is 6.07 Å². The van der Waals surface area contributed by atoms with Gasteiger partial charge in [-0.05, 0) is 68.0 Å². The number of hydrogen-bond donors (Lipinski definition) is 0. The molecule has 1 aliphatic rings. The van der Waals surface area contributed by atoms with E-state index in [1.807, 2.05) is 32.0 Å². The topological polar surface area (TPSA) is 39.2 Å². The second kappa shape index (κ2) is 5.68. The summed E-state index contributed by atoms with van der Waals surface area (Å²) in [5.41, 5.74) is 4.50. The van der Waals surface area contributed by atoms with E-state index in [0.717, 1.165) is 48.3 Å². The molecule has 2 heterocycles. The van der Waals surface area contributed by atoms with E-state index in [-0.39, 0.29) is 5.78 Å². The van der Waals surface area contributed by atoms with Gasteiger partial charge in [-0.15, -0.1) is 0 Å². The third-order valence-electron chi connectivity index (χ3n) is 4.06. The Morgan fingerprint density at radius 3 is 2.86 bits per heavy atom. The third kappa shape index (κ3) is 2.56. The summed E-state index contributed by atoms with van der Waals surface area (Å²) >= 11 is 0. The van der Waals surface area contributed by atoms with Crippen LogP contribution in [-0.2, 0) is 6.42 Å². The lowest BCUT2D eigenvalue weighted by molar-refractivity contribution is 0.103. The molecule has 0 saturated heterocycles. The van der Waals surface area contributed by atoms with Crippen molar-refractivity contribution in [2.24, 2.45) is 0 Å². The van der Waals surface area contributed by atoms with Crippen molar-refractivity contribution in [3.05, 3.63) is 58.4 Å². The lowest BCUT2D eigenvalue weighted by Gasteiger charge is -2.16. The number of fused-ring (bicyclic) bond motifs is 1. The van der Waals surface area contributed by atoms with Crippen molar-refractivity contribution in [1.29, 1.82) is 0 Å². The third-order valence-corrected chi connectivity index (χ3v) is 4.06. The predicted molar refractivity (Wildman–Crippen MR) is 82.0 cm³/mol. The molecule has 3 heteroatoms. The number of carbonyl (C=O) groups excluding carboxylic acids is 1. The zero-order valence-corrected chi connectivity index (χ0v) is 12.5. The number of nitrogens with zero attached hydrogens (tertiary/aromatic N) is 1. The highest BCUT2D eigenvalue weighted by molar-refractivity contribution is 6.09. The van der Waals surface area contributed by atoms with Crippen LogP contribution in [0, 0.1) is 13.8 Å². The molecule has 0 bridgehead atoms. The Morgan fingerprint density at radius 1 is 1.24 bits per heavy atom. The average Bonchev–Trinajstić information content (AvgIpc) is 2.77. The van der Waals surface area contributed by atoms with Crippen molar-refractivity contribution in [2.45, 2.75) is 33.1 Å². The second-order valence-electron chi connectivity index (χ2n) is 5.52. The fraction of sp³-hybridized carbons (Fsp3) is 0.333. The van der Waals surface area contributed by atoms with Gasteiger partial charge in [0, 0.05) is 11.8 Å². The van der Waals surface area contributed by atoms with Gasteiger partial charge in [-0.25, -0.2) is 0 Å². The molecule has 0 fully saturated rings. The van der Waals surface area contributed by atoms with E-state index in [2.05, 4.69) is 4.98 Å². The minimum atomic E-state index is -0.0109. The monoisotopic (exact) mass is 281 g/mol. The van der Waals surface area contributed by atoms with Gasteiger partial charge in [0.15, 0.2) is 0 Å². The summed E-state index contributed by atoms with van der Waals surface area (Å²) in [5.74, 6) is 0.964. The number of aromatic nitrogens is 1. The molecule has 0 saturated carbocycles. The molecule has 1 aromatic heterocycles. The van der Waals surface area contributed by atoms with E-state index in [4.69, 9.17) is 4.74 Å². The van der Waals surface area contributed by atoms with Crippen LogP contribution in [0.1, 0.15) is 45.6 Å². The molecular formula is C18H19NO2. The molecule has 1 aromatic carbocycles. The first-order valence-electron chi connectivity index (χ1n) is 7.40. The summed E-state index contributed by atoms with van der Waals surface area (Å²) in [6.45, 7) is 4.79. The average molecular weight is 281 g/mol. The Bertz CT molecular complexity index is 677. The Morgan fingerprint density at radius 2 is 2.10 bits per heavy atom. The van der Waals surface area contributed by atoms with Crippen LogP contribution in [0.4, 0.5) is 0 Å². The Labute approximate surface area is 125 Å². The zero-order valence-electron chi connectivity index (χ0n) is 12.5. The number of ether oxygens (including phenoxy) is 1. The minimum absolute atomic E-state index is 0.0109. The number of aryl methyl sites for hydroxylation is 1. The molecule has 21 heavy (non-hydrogen) atoms. The first-order chi connectivity index (χ1) is 10.2. The van der Waals surface area contributed by atoms with Gasteiger partial charge in [0.1, 0.15) is 11.4 Å². The normalized spacial score (nSPS) is 14.0. The smallest absolute Gasteiger partial charge is 0.211 e. The van der Waals surface area contributed by atoms with Gasteiger partial charge < -0.3 is 4.74 Å². The van der Waals surface area contributed by atoms with Crippen molar-refractivity contribution < 1.29 is 9.53 Å². The number of carbonyl (C=O) groups is 1. The van der Waals surface area contributed by atoms with Crippen molar-refractivity contribution in [3.63, 3.8) is 0 Å².